The Morgan fingerprint density at radius 1 is 0.895 bits per heavy atom. The number of thioether (sulfide) groups is 2. The molecule has 102 valence electrons. The first-order valence-corrected chi connectivity index (χ1v) is 6.87. The molecule has 1 aliphatic heterocycles. The van der Waals surface area contributed by atoms with Crippen LogP contribution >= 0.6 is 23.5 Å². The van der Waals surface area contributed by atoms with Crippen molar-refractivity contribution in [1.29, 1.82) is 0 Å². The van der Waals surface area contributed by atoms with Crippen LogP contribution < -0.4 is 0 Å². The number of hydrogen-bond donors (Lipinski definition) is 0. The first kappa shape index (κ1) is 23.7. The van der Waals surface area contributed by atoms with Gasteiger partial charge in [0.05, 0.1) is 0 Å². The molecule has 0 spiro atoms. The van der Waals surface area contributed by atoms with Crippen molar-refractivity contribution in [1.82, 2.24) is 0 Å². The van der Waals surface area contributed by atoms with Gasteiger partial charge in [-0.2, -0.15) is 0 Å². The Balaban J connectivity index is -0.000000325. The van der Waals surface area contributed by atoms with Crippen molar-refractivity contribution in [3.63, 3.8) is 0 Å². The van der Waals surface area contributed by atoms with E-state index >= 15 is 0 Å². The van der Waals surface area contributed by atoms with Crippen LogP contribution in [0.4, 0.5) is 0 Å². The van der Waals surface area contributed by atoms with Gasteiger partial charge >= 0.3 is 33.9 Å². The van der Waals surface area contributed by atoms with E-state index in [2.05, 4.69) is 44.3 Å². The molecular formula is C13H12FeO3S2. The van der Waals surface area contributed by atoms with Crippen LogP contribution in [0.25, 0.3) is 0 Å². The summed E-state index contributed by atoms with van der Waals surface area (Å²) in [5.41, 5.74) is 1.52. The van der Waals surface area contributed by atoms with E-state index in [1.54, 1.807) is 4.24 Å². The average Bonchev–Trinajstić information content (AvgIpc) is 2.55. The Kier molecular flexibility index (Phi) is 25.0. The molecule has 1 aliphatic carbocycles. The SMILES string of the molecule is C1=CCC(=C2SCCCS2)C=C1.[C-]#[O+].[C-]#[O+].[C-]#[O+].[Fe]. The van der Waals surface area contributed by atoms with Crippen molar-refractivity contribution in [3.8, 4) is 0 Å². The molecule has 3 nitrogen and oxygen atoms in total. The van der Waals surface area contributed by atoms with Gasteiger partial charge in [-0.15, -0.1) is 23.5 Å². The van der Waals surface area contributed by atoms with Crippen molar-refractivity contribution in [3.05, 3.63) is 54.1 Å². The van der Waals surface area contributed by atoms with Crippen LogP contribution in [0.3, 0.4) is 0 Å². The van der Waals surface area contributed by atoms with E-state index in [1.807, 2.05) is 23.5 Å². The molecule has 0 atom stereocenters. The van der Waals surface area contributed by atoms with Gasteiger partial charge in [0.25, 0.3) is 0 Å². The van der Waals surface area contributed by atoms with Crippen LogP contribution in [-0.2, 0) is 31.0 Å². The predicted molar refractivity (Wildman–Crippen MR) is 71.2 cm³/mol. The van der Waals surface area contributed by atoms with Gasteiger partial charge in [0.2, 0.25) is 0 Å². The van der Waals surface area contributed by atoms with Gasteiger partial charge < -0.3 is 0 Å². The van der Waals surface area contributed by atoms with Crippen LogP contribution in [0, 0.1) is 20.0 Å². The third-order valence-electron chi connectivity index (χ3n) is 1.90. The second-order valence-corrected chi connectivity index (χ2v) is 5.32. The van der Waals surface area contributed by atoms with E-state index in [0.717, 1.165) is 6.42 Å². The van der Waals surface area contributed by atoms with E-state index in [1.165, 1.54) is 23.5 Å². The number of rotatable bonds is 0. The van der Waals surface area contributed by atoms with Crippen LogP contribution in [-0.4, -0.2) is 11.5 Å². The number of allylic oxidation sites excluding steroid dienone is 5. The second kappa shape index (κ2) is 20.0. The maximum Gasteiger partial charge on any atom is 0 e. The summed E-state index contributed by atoms with van der Waals surface area (Å²) in [5, 5.41) is 0. The van der Waals surface area contributed by atoms with E-state index in [-0.39, 0.29) is 17.1 Å². The first-order chi connectivity index (χ1) is 8.97. The van der Waals surface area contributed by atoms with Crippen LogP contribution in [0.15, 0.2) is 34.1 Å². The van der Waals surface area contributed by atoms with Crippen molar-refractivity contribution in [2.45, 2.75) is 12.8 Å². The second-order valence-electron chi connectivity index (χ2n) is 2.85. The minimum Gasteiger partial charge on any atom is 0 e. The molecule has 0 saturated carbocycles. The summed E-state index contributed by atoms with van der Waals surface area (Å²) in [6.07, 6.45) is 11.2. The summed E-state index contributed by atoms with van der Waals surface area (Å²) in [7, 11) is 0. The van der Waals surface area contributed by atoms with Crippen molar-refractivity contribution in [2.24, 2.45) is 0 Å². The predicted octanol–water partition coefficient (Wildman–Crippen LogP) is 3.47. The molecule has 0 aromatic heterocycles. The smallest absolute Gasteiger partial charge is 0 e. The summed E-state index contributed by atoms with van der Waals surface area (Å²) in [4.78, 5) is 0. The molecule has 0 aromatic rings. The molecule has 2 aliphatic rings. The summed E-state index contributed by atoms with van der Waals surface area (Å²) >= 11 is 4.05. The van der Waals surface area contributed by atoms with Crippen LogP contribution in [0.2, 0.25) is 0 Å². The van der Waals surface area contributed by atoms with Gasteiger partial charge in [-0.25, -0.2) is 0 Å². The standard InChI is InChI=1S/C10H12S2.3CO.Fe/c1-2-5-9(6-3-1)10-11-7-4-8-12-10;3*1-2;/h1-3,5H,4,6-8H2;;;;. The summed E-state index contributed by atoms with van der Waals surface area (Å²) in [6.45, 7) is 13.5. The van der Waals surface area contributed by atoms with Crippen molar-refractivity contribution < 1.29 is 31.0 Å². The summed E-state index contributed by atoms with van der Waals surface area (Å²) < 4.78 is 24.1. The molecule has 0 aromatic carbocycles. The van der Waals surface area contributed by atoms with E-state index in [9.17, 15) is 0 Å². The molecular weight excluding hydrogens is 324 g/mol. The Morgan fingerprint density at radius 3 is 1.84 bits per heavy atom. The fourth-order valence-corrected chi connectivity index (χ4v) is 3.92. The normalized spacial score (nSPS) is 15.1. The Hall–Kier alpha value is -0.341. The third-order valence-corrected chi connectivity index (χ3v) is 4.64. The third kappa shape index (κ3) is 11.2. The molecule has 2 rings (SSSR count). The van der Waals surface area contributed by atoms with Gasteiger partial charge in [-0.05, 0) is 29.9 Å². The summed E-state index contributed by atoms with van der Waals surface area (Å²) in [5.74, 6) is 2.62. The van der Waals surface area contributed by atoms with E-state index < -0.39 is 0 Å². The molecule has 1 saturated heterocycles. The quantitative estimate of drug-likeness (QED) is 0.386. The Labute approximate surface area is 133 Å². The van der Waals surface area contributed by atoms with E-state index in [4.69, 9.17) is 14.0 Å². The fourth-order valence-electron chi connectivity index (χ4n) is 1.28. The maximum absolute atomic E-state index is 7.50. The van der Waals surface area contributed by atoms with Gasteiger partial charge in [-0.3, -0.25) is 0 Å². The molecule has 0 amide bonds. The zero-order valence-electron chi connectivity index (χ0n) is 10.0. The molecule has 0 N–H and O–H groups in total. The zero-order valence-corrected chi connectivity index (χ0v) is 12.8. The Bertz CT molecular complexity index is 346. The summed E-state index contributed by atoms with van der Waals surface area (Å²) in [6, 6.07) is 0. The number of hydrogen-bond acceptors (Lipinski definition) is 2. The maximum atomic E-state index is 7.50. The van der Waals surface area contributed by atoms with Gasteiger partial charge in [0.15, 0.2) is 0 Å². The molecule has 0 bridgehead atoms. The molecule has 0 unspecified atom stereocenters. The fraction of sp³-hybridized carbons (Fsp3) is 0.308. The van der Waals surface area contributed by atoms with Gasteiger partial charge in [0.1, 0.15) is 0 Å². The molecule has 0 radical (unpaired) electrons. The van der Waals surface area contributed by atoms with Crippen molar-refractivity contribution >= 4 is 23.5 Å². The van der Waals surface area contributed by atoms with Crippen LogP contribution in [0.5, 0.6) is 0 Å². The Morgan fingerprint density at radius 2 is 1.42 bits per heavy atom. The average molecular weight is 336 g/mol. The van der Waals surface area contributed by atoms with Crippen LogP contribution in [0.1, 0.15) is 12.8 Å². The van der Waals surface area contributed by atoms with Crippen molar-refractivity contribution in [2.75, 3.05) is 11.5 Å². The van der Waals surface area contributed by atoms with Gasteiger partial charge in [-0.1, -0.05) is 24.3 Å². The zero-order chi connectivity index (χ0) is 14.2. The monoisotopic (exact) mass is 336 g/mol. The topological polar surface area (TPSA) is 59.7 Å². The van der Waals surface area contributed by atoms with E-state index in [0.29, 0.717) is 0 Å². The molecule has 19 heavy (non-hydrogen) atoms. The molecule has 1 heterocycles. The minimum atomic E-state index is 0. The minimum absolute atomic E-state index is 0. The molecule has 1 fully saturated rings. The first-order valence-electron chi connectivity index (χ1n) is 4.90. The van der Waals surface area contributed by atoms with Gasteiger partial charge in [0, 0.05) is 21.3 Å². The molecule has 6 heteroatoms. The largest absolute Gasteiger partial charge is 0 e.